The highest BCUT2D eigenvalue weighted by Crippen LogP contribution is 2.27. The van der Waals surface area contributed by atoms with Crippen molar-refractivity contribution in [3.8, 4) is 17.2 Å². The summed E-state index contributed by atoms with van der Waals surface area (Å²) in [6.45, 7) is 3.48. The molecule has 2 aromatic heterocycles. The summed E-state index contributed by atoms with van der Waals surface area (Å²) in [5, 5.41) is 12.9. The molecule has 214 valence electrons. The molecule has 2 aromatic carbocycles. The third-order valence-electron chi connectivity index (χ3n) is 7.40. The predicted octanol–water partition coefficient (Wildman–Crippen LogP) is 2.33. The molecule has 0 spiro atoms. The fourth-order valence-electron chi connectivity index (χ4n) is 5.01. The smallest absolute Gasteiger partial charge is 0.252 e. The van der Waals surface area contributed by atoms with E-state index in [-0.39, 0.29) is 17.8 Å². The molecule has 3 N–H and O–H groups in total. The van der Waals surface area contributed by atoms with E-state index in [2.05, 4.69) is 43.2 Å². The first-order chi connectivity index (χ1) is 20.2. The lowest BCUT2D eigenvalue weighted by Crippen LogP contribution is -2.47. The summed E-state index contributed by atoms with van der Waals surface area (Å²) in [5.74, 6) is 0.305. The molecule has 1 aliphatic rings. The maximum absolute atomic E-state index is 13.4. The number of nitrogens with zero attached hydrogens (tertiary/aromatic N) is 7. The number of nitrogens with one attached hydrogen (secondary N) is 1. The predicted molar refractivity (Wildman–Crippen MR) is 162 cm³/mol. The number of hydrogen-bond donors (Lipinski definition) is 2. The summed E-state index contributed by atoms with van der Waals surface area (Å²) in [5.41, 5.74) is 10.1. The van der Waals surface area contributed by atoms with E-state index in [4.69, 9.17) is 11.0 Å². The number of carbonyl (C=O) groups excluding carboxylic acids is 2. The Morgan fingerprint density at radius 3 is 2.45 bits per heavy atom. The maximum atomic E-state index is 13.4. The minimum Gasteiger partial charge on any atom is -0.368 e. The Kier molecular flexibility index (Phi) is 8.26. The molecule has 0 radical (unpaired) electrons. The van der Waals surface area contributed by atoms with Gasteiger partial charge in [0.1, 0.15) is 17.9 Å². The lowest BCUT2D eigenvalue weighted by molar-refractivity contribution is -0.130. The molecule has 11 heteroatoms. The third kappa shape index (κ3) is 6.29. The first-order valence-corrected chi connectivity index (χ1v) is 13.7. The zero-order valence-corrected chi connectivity index (χ0v) is 23.9. The summed E-state index contributed by atoms with van der Waals surface area (Å²) >= 11 is 0. The van der Waals surface area contributed by atoms with E-state index in [9.17, 15) is 9.59 Å². The molecule has 1 saturated heterocycles. The van der Waals surface area contributed by atoms with Crippen LogP contribution in [0.2, 0.25) is 0 Å². The largest absolute Gasteiger partial charge is 0.368 e. The van der Waals surface area contributed by atoms with Gasteiger partial charge >= 0.3 is 0 Å². The number of pyridine rings is 1. The Morgan fingerprint density at radius 2 is 1.76 bits per heavy atom. The van der Waals surface area contributed by atoms with Crippen LogP contribution in [0.4, 0.5) is 11.8 Å². The van der Waals surface area contributed by atoms with Gasteiger partial charge in [0.25, 0.3) is 5.91 Å². The van der Waals surface area contributed by atoms with E-state index in [0.29, 0.717) is 23.1 Å². The summed E-state index contributed by atoms with van der Waals surface area (Å²) in [6, 6.07) is 16.0. The van der Waals surface area contributed by atoms with E-state index in [1.807, 2.05) is 30.3 Å². The average molecular weight is 564 g/mol. The molecule has 0 aliphatic carbocycles. The van der Waals surface area contributed by atoms with E-state index in [1.165, 1.54) is 11.1 Å². The number of carbonyl (C=O) groups is 2. The number of anilines is 2. The zero-order chi connectivity index (χ0) is 29.8. The van der Waals surface area contributed by atoms with Gasteiger partial charge < -0.3 is 25.8 Å². The van der Waals surface area contributed by atoms with Crippen LogP contribution in [0.15, 0.2) is 60.9 Å². The minimum absolute atomic E-state index is 0.147. The van der Waals surface area contributed by atoms with Crippen LogP contribution in [0.3, 0.4) is 0 Å². The molecule has 1 atom stereocenters. The number of nitrogens with two attached hydrogens (primary N) is 1. The Morgan fingerprint density at radius 1 is 1.02 bits per heavy atom. The van der Waals surface area contributed by atoms with Crippen LogP contribution in [0.1, 0.15) is 21.5 Å². The number of fused-ring (bicyclic) bond motifs is 1. The Labute approximate surface area is 244 Å². The van der Waals surface area contributed by atoms with Crippen molar-refractivity contribution in [2.45, 2.75) is 12.5 Å². The molecule has 1 aliphatic heterocycles. The van der Waals surface area contributed by atoms with E-state index in [1.54, 1.807) is 38.5 Å². The van der Waals surface area contributed by atoms with Gasteiger partial charge in [-0.05, 0) is 42.4 Å². The number of rotatable bonds is 7. The van der Waals surface area contributed by atoms with Gasteiger partial charge in [-0.3, -0.25) is 14.6 Å². The molecule has 11 nitrogen and oxygen atoms in total. The van der Waals surface area contributed by atoms with Gasteiger partial charge in [0.15, 0.2) is 0 Å². The second-order valence-electron chi connectivity index (χ2n) is 10.7. The highest BCUT2D eigenvalue weighted by molar-refractivity contribution is 6.02. The fraction of sp³-hybridized carbons (Fsp3) is 0.290. The molecule has 0 bridgehead atoms. The molecular formula is C31H33N9O2. The van der Waals surface area contributed by atoms with Crippen molar-refractivity contribution in [3.05, 3.63) is 77.6 Å². The third-order valence-corrected chi connectivity index (χ3v) is 7.40. The highest BCUT2D eigenvalue weighted by atomic mass is 16.2. The van der Waals surface area contributed by atoms with Gasteiger partial charge in [0.05, 0.1) is 11.1 Å². The SMILES string of the molecule is CN1CCN(c2nc(N)nc3cc(C(=O)NC(Cc4ccc(-c5cncc(C#N)c5)cc4)C(=O)N(C)C)ccc23)CC1. The normalized spacial score (nSPS) is 14.3. The molecule has 3 heterocycles. The van der Waals surface area contributed by atoms with Gasteiger partial charge in [0, 0.05) is 75.6 Å². The number of piperazine rings is 1. The highest BCUT2D eigenvalue weighted by Gasteiger charge is 2.25. The number of benzene rings is 2. The molecule has 1 unspecified atom stereocenters. The number of nitrogen functional groups attached to an aromatic ring is 1. The molecular weight excluding hydrogens is 530 g/mol. The first kappa shape index (κ1) is 28.4. The number of hydrogen-bond acceptors (Lipinski definition) is 9. The average Bonchev–Trinajstić information content (AvgIpc) is 3.00. The van der Waals surface area contributed by atoms with Crippen molar-refractivity contribution >= 4 is 34.5 Å². The van der Waals surface area contributed by atoms with Crippen LogP contribution < -0.4 is 16.0 Å². The number of likely N-dealkylation sites (N-methyl/N-ethyl adjacent to an activating group) is 2. The summed E-state index contributed by atoms with van der Waals surface area (Å²) in [7, 11) is 5.41. The zero-order valence-electron chi connectivity index (χ0n) is 23.9. The number of aromatic nitrogens is 3. The van der Waals surface area contributed by atoms with E-state index in [0.717, 1.165) is 54.1 Å². The van der Waals surface area contributed by atoms with Crippen LogP contribution in [0.5, 0.6) is 0 Å². The topological polar surface area (TPSA) is 144 Å². The van der Waals surface area contributed by atoms with Crippen LogP contribution in [-0.2, 0) is 11.2 Å². The monoisotopic (exact) mass is 563 g/mol. The van der Waals surface area contributed by atoms with Crippen LogP contribution in [0, 0.1) is 11.3 Å². The Balaban J connectivity index is 1.36. The molecule has 1 fully saturated rings. The number of nitriles is 1. The second-order valence-corrected chi connectivity index (χ2v) is 10.7. The quantitative estimate of drug-likeness (QED) is 0.346. The summed E-state index contributed by atoms with van der Waals surface area (Å²) in [4.78, 5) is 45.5. The molecule has 4 aromatic rings. The van der Waals surface area contributed by atoms with Crippen molar-refractivity contribution in [3.63, 3.8) is 0 Å². The van der Waals surface area contributed by atoms with Crippen molar-refractivity contribution < 1.29 is 9.59 Å². The summed E-state index contributed by atoms with van der Waals surface area (Å²) in [6.07, 6.45) is 3.52. The lowest BCUT2D eigenvalue weighted by atomic mass is 10.00. The molecule has 0 saturated carbocycles. The van der Waals surface area contributed by atoms with Gasteiger partial charge in [-0.2, -0.15) is 10.2 Å². The number of amides is 2. The van der Waals surface area contributed by atoms with Gasteiger partial charge in [-0.1, -0.05) is 24.3 Å². The molecule has 2 amide bonds. The van der Waals surface area contributed by atoms with Gasteiger partial charge in [0.2, 0.25) is 11.9 Å². The lowest BCUT2D eigenvalue weighted by Gasteiger charge is -2.33. The van der Waals surface area contributed by atoms with Gasteiger partial charge in [-0.25, -0.2) is 4.98 Å². The van der Waals surface area contributed by atoms with Crippen molar-refractivity contribution in [2.75, 3.05) is 58.0 Å². The standard InChI is InChI=1S/C31H33N9O2/c1-38(2)30(42)27(15-20-4-6-22(7-5-20)24-14-21(17-32)18-34-19-24)35-29(41)23-8-9-25-26(16-23)36-31(33)37-28(25)40-12-10-39(3)11-13-40/h4-9,14,16,18-19,27H,10-13,15H2,1-3H3,(H,35,41)(H2,33,36,37). The van der Waals surface area contributed by atoms with Crippen molar-refractivity contribution in [1.82, 2.24) is 30.1 Å². The van der Waals surface area contributed by atoms with Gasteiger partial charge in [-0.15, -0.1) is 0 Å². The second kappa shape index (κ2) is 12.2. The van der Waals surface area contributed by atoms with E-state index >= 15 is 0 Å². The van der Waals surface area contributed by atoms with Crippen LogP contribution >= 0.6 is 0 Å². The Hall–Kier alpha value is -5.08. The minimum atomic E-state index is -0.783. The van der Waals surface area contributed by atoms with Crippen LogP contribution in [0.25, 0.3) is 22.0 Å². The molecule has 5 rings (SSSR count). The summed E-state index contributed by atoms with van der Waals surface area (Å²) < 4.78 is 0. The first-order valence-electron chi connectivity index (χ1n) is 13.7. The Bertz CT molecular complexity index is 1660. The maximum Gasteiger partial charge on any atom is 0.252 e. The molecule has 42 heavy (non-hydrogen) atoms. The van der Waals surface area contributed by atoms with Crippen molar-refractivity contribution in [1.29, 1.82) is 5.26 Å². The van der Waals surface area contributed by atoms with Crippen LogP contribution in [-0.4, -0.2) is 89.9 Å². The van der Waals surface area contributed by atoms with Crippen molar-refractivity contribution in [2.24, 2.45) is 0 Å². The fourth-order valence-corrected chi connectivity index (χ4v) is 5.01. The van der Waals surface area contributed by atoms with E-state index < -0.39 is 6.04 Å².